The predicted molar refractivity (Wildman–Crippen MR) is 62.0 cm³/mol. The van der Waals surface area contributed by atoms with Gasteiger partial charge in [-0.05, 0) is 32.3 Å². The molecule has 1 fully saturated rings. The van der Waals surface area contributed by atoms with Crippen molar-refractivity contribution in [3.05, 3.63) is 23.8 Å². The molecule has 2 atom stereocenters. The fraction of sp³-hybridized carbons (Fsp3) is 0.667. The van der Waals surface area contributed by atoms with Gasteiger partial charge in [0.2, 0.25) is 0 Å². The summed E-state index contributed by atoms with van der Waals surface area (Å²) in [5, 5.41) is 3.50. The minimum Gasteiger partial charge on any atom is -0.381 e. The second-order valence-corrected chi connectivity index (χ2v) is 4.39. The fourth-order valence-corrected chi connectivity index (χ4v) is 1.98. The zero-order valence-electron chi connectivity index (χ0n) is 9.94. The lowest BCUT2D eigenvalue weighted by molar-refractivity contribution is 0.178. The van der Waals surface area contributed by atoms with Crippen LogP contribution in [0, 0.1) is 12.8 Å². The highest BCUT2D eigenvalue weighted by Crippen LogP contribution is 2.16. The van der Waals surface area contributed by atoms with Crippen molar-refractivity contribution in [1.29, 1.82) is 0 Å². The zero-order valence-corrected chi connectivity index (χ0v) is 9.94. The Bertz CT molecular complexity index is 337. The van der Waals surface area contributed by atoms with Gasteiger partial charge in [0.05, 0.1) is 12.3 Å². The molecule has 2 unspecified atom stereocenters. The van der Waals surface area contributed by atoms with Gasteiger partial charge in [0.1, 0.15) is 5.82 Å². The van der Waals surface area contributed by atoms with Crippen LogP contribution in [0.25, 0.3) is 0 Å². The van der Waals surface area contributed by atoms with Crippen LogP contribution >= 0.6 is 0 Å². The molecule has 0 aliphatic carbocycles. The third-order valence-electron chi connectivity index (χ3n) is 3.11. The second kappa shape index (κ2) is 5.37. The van der Waals surface area contributed by atoms with E-state index in [0.29, 0.717) is 12.0 Å². The summed E-state index contributed by atoms with van der Waals surface area (Å²) in [7, 11) is 0. The lowest BCUT2D eigenvalue weighted by atomic mass is 10.0. The molecule has 0 radical (unpaired) electrons. The van der Waals surface area contributed by atoms with E-state index in [2.05, 4.69) is 22.2 Å². The van der Waals surface area contributed by atoms with Crippen molar-refractivity contribution in [2.24, 2.45) is 5.92 Å². The minimum absolute atomic E-state index is 0.484. The van der Waals surface area contributed by atoms with Crippen LogP contribution in [0.15, 0.2) is 12.3 Å². The minimum atomic E-state index is 0.484. The Labute approximate surface area is 96.4 Å². The summed E-state index contributed by atoms with van der Waals surface area (Å²) in [4.78, 5) is 8.45. The van der Waals surface area contributed by atoms with Gasteiger partial charge in [0, 0.05) is 25.4 Å². The molecule has 4 heteroatoms. The van der Waals surface area contributed by atoms with Crippen molar-refractivity contribution in [2.45, 2.75) is 32.9 Å². The molecule has 1 N–H and O–H groups in total. The first-order chi connectivity index (χ1) is 7.75. The van der Waals surface area contributed by atoms with Crippen molar-refractivity contribution in [2.75, 3.05) is 13.2 Å². The Morgan fingerprint density at radius 3 is 3.19 bits per heavy atom. The molecule has 1 aliphatic rings. The van der Waals surface area contributed by atoms with E-state index in [1.807, 2.05) is 19.2 Å². The molecule has 1 saturated heterocycles. The van der Waals surface area contributed by atoms with Crippen molar-refractivity contribution in [3.63, 3.8) is 0 Å². The van der Waals surface area contributed by atoms with Crippen LogP contribution < -0.4 is 5.32 Å². The molecule has 4 nitrogen and oxygen atoms in total. The van der Waals surface area contributed by atoms with Crippen molar-refractivity contribution in [1.82, 2.24) is 15.3 Å². The maximum Gasteiger partial charge on any atom is 0.125 e. The Kier molecular flexibility index (Phi) is 3.85. The monoisotopic (exact) mass is 221 g/mol. The number of rotatable bonds is 4. The van der Waals surface area contributed by atoms with Crippen molar-refractivity contribution >= 4 is 0 Å². The molecule has 88 valence electrons. The van der Waals surface area contributed by atoms with Gasteiger partial charge in [-0.1, -0.05) is 0 Å². The number of hydrogen-bond acceptors (Lipinski definition) is 4. The highest BCUT2D eigenvalue weighted by Gasteiger charge is 2.21. The van der Waals surface area contributed by atoms with E-state index in [1.165, 1.54) is 0 Å². The maximum atomic E-state index is 5.38. The zero-order chi connectivity index (χ0) is 11.4. The SMILES string of the molecule is Cc1nccc(CNC(C)C2CCOC2)n1. The van der Waals surface area contributed by atoms with Crippen molar-refractivity contribution in [3.8, 4) is 0 Å². The Morgan fingerprint density at radius 1 is 1.62 bits per heavy atom. The van der Waals surface area contributed by atoms with Gasteiger partial charge >= 0.3 is 0 Å². The van der Waals surface area contributed by atoms with Crippen LogP contribution in [0.4, 0.5) is 0 Å². The largest absolute Gasteiger partial charge is 0.381 e. The van der Waals surface area contributed by atoms with E-state index >= 15 is 0 Å². The maximum absolute atomic E-state index is 5.38. The quantitative estimate of drug-likeness (QED) is 0.832. The summed E-state index contributed by atoms with van der Waals surface area (Å²) in [6, 6.07) is 2.44. The van der Waals surface area contributed by atoms with Crippen molar-refractivity contribution < 1.29 is 4.74 Å². The first kappa shape index (κ1) is 11.5. The highest BCUT2D eigenvalue weighted by atomic mass is 16.5. The smallest absolute Gasteiger partial charge is 0.125 e. The number of nitrogens with one attached hydrogen (secondary N) is 1. The molecule has 0 saturated carbocycles. The Balaban J connectivity index is 1.82. The van der Waals surface area contributed by atoms with Gasteiger partial charge in [-0.25, -0.2) is 9.97 Å². The summed E-state index contributed by atoms with van der Waals surface area (Å²) in [6.07, 6.45) is 2.97. The summed E-state index contributed by atoms with van der Waals surface area (Å²) >= 11 is 0. The van der Waals surface area contributed by atoms with Gasteiger partial charge in [-0.2, -0.15) is 0 Å². The van der Waals surface area contributed by atoms with Crippen LogP contribution in [0.2, 0.25) is 0 Å². The molecular formula is C12H19N3O. The van der Waals surface area contributed by atoms with Crippen LogP contribution in [0.5, 0.6) is 0 Å². The lowest BCUT2D eigenvalue weighted by Gasteiger charge is -2.18. The normalized spacial score (nSPS) is 22.2. The third-order valence-corrected chi connectivity index (χ3v) is 3.11. The molecular weight excluding hydrogens is 202 g/mol. The number of nitrogens with zero attached hydrogens (tertiary/aromatic N) is 2. The van der Waals surface area contributed by atoms with Gasteiger partial charge < -0.3 is 10.1 Å². The molecule has 0 bridgehead atoms. The molecule has 0 aromatic carbocycles. The third kappa shape index (κ3) is 3.00. The molecule has 16 heavy (non-hydrogen) atoms. The first-order valence-corrected chi connectivity index (χ1v) is 5.85. The number of hydrogen-bond donors (Lipinski definition) is 1. The topological polar surface area (TPSA) is 47.0 Å². The second-order valence-electron chi connectivity index (χ2n) is 4.39. The molecule has 0 amide bonds. The Hall–Kier alpha value is -1.00. The summed E-state index contributed by atoms with van der Waals surface area (Å²) in [5.74, 6) is 1.47. The summed E-state index contributed by atoms with van der Waals surface area (Å²) in [5.41, 5.74) is 1.05. The van der Waals surface area contributed by atoms with Crippen LogP contribution in [0.1, 0.15) is 24.9 Å². The van der Waals surface area contributed by atoms with Crippen LogP contribution in [0.3, 0.4) is 0 Å². The average Bonchev–Trinajstić information content (AvgIpc) is 2.79. The molecule has 1 aliphatic heterocycles. The van der Waals surface area contributed by atoms with Gasteiger partial charge in [-0.3, -0.25) is 0 Å². The molecule has 2 heterocycles. The summed E-state index contributed by atoms with van der Waals surface area (Å²) in [6.45, 7) is 6.73. The number of aromatic nitrogens is 2. The van der Waals surface area contributed by atoms with Crippen LogP contribution in [-0.4, -0.2) is 29.2 Å². The van der Waals surface area contributed by atoms with E-state index in [9.17, 15) is 0 Å². The van der Waals surface area contributed by atoms with Gasteiger partial charge in [-0.15, -0.1) is 0 Å². The molecule has 2 rings (SSSR count). The van der Waals surface area contributed by atoms with E-state index in [-0.39, 0.29) is 0 Å². The highest BCUT2D eigenvalue weighted by molar-refractivity contribution is 5.01. The average molecular weight is 221 g/mol. The molecule has 1 aromatic rings. The predicted octanol–water partition coefficient (Wildman–Crippen LogP) is 1.30. The molecule has 1 aromatic heterocycles. The number of aryl methyl sites for hydroxylation is 1. The first-order valence-electron chi connectivity index (χ1n) is 5.85. The fourth-order valence-electron chi connectivity index (χ4n) is 1.98. The summed E-state index contributed by atoms with van der Waals surface area (Å²) < 4.78 is 5.38. The van der Waals surface area contributed by atoms with E-state index in [0.717, 1.165) is 37.7 Å². The van der Waals surface area contributed by atoms with E-state index in [1.54, 1.807) is 0 Å². The van der Waals surface area contributed by atoms with Crippen LogP contribution in [-0.2, 0) is 11.3 Å². The molecule has 0 spiro atoms. The van der Waals surface area contributed by atoms with E-state index < -0.39 is 0 Å². The number of ether oxygens (including phenoxy) is 1. The van der Waals surface area contributed by atoms with E-state index in [4.69, 9.17) is 4.74 Å². The Morgan fingerprint density at radius 2 is 2.50 bits per heavy atom. The standard InChI is InChI=1S/C12H19N3O/c1-9(11-4-6-16-8-11)14-7-12-3-5-13-10(2)15-12/h3,5,9,11,14H,4,6-8H2,1-2H3. The van der Waals surface area contributed by atoms with Gasteiger partial charge in [0.25, 0.3) is 0 Å². The lowest BCUT2D eigenvalue weighted by Crippen LogP contribution is -2.33. The van der Waals surface area contributed by atoms with Gasteiger partial charge in [0.15, 0.2) is 0 Å².